The number of anilines is 1. The standard InChI is InChI=1S/C11H18N4/c1-3-12-11-14-7-9(8(2)15-11)6-13-10-4-5-10/h7,10,13H,3-6H2,1-2H3,(H,12,14,15). The summed E-state index contributed by atoms with van der Waals surface area (Å²) in [5.41, 5.74) is 2.26. The summed E-state index contributed by atoms with van der Waals surface area (Å²) in [5.74, 6) is 0.727. The fourth-order valence-electron chi connectivity index (χ4n) is 1.45. The molecule has 1 saturated carbocycles. The van der Waals surface area contributed by atoms with Crippen molar-refractivity contribution in [2.75, 3.05) is 11.9 Å². The third kappa shape index (κ3) is 2.89. The normalized spacial score (nSPS) is 15.3. The largest absolute Gasteiger partial charge is 0.354 e. The van der Waals surface area contributed by atoms with E-state index < -0.39 is 0 Å². The molecule has 0 unspecified atom stereocenters. The number of nitrogens with zero attached hydrogens (tertiary/aromatic N) is 2. The Morgan fingerprint density at radius 3 is 2.87 bits per heavy atom. The minimum absolute atomic E-state index is 0.727. The minimum atomic E-state index is 0.727. The van der Waals surface area contributed by atoms with Crippen molar-refractivity contribution in [3.8, 4) is 0 Å². The maximum absolute atomic E-state index is 4.40. The van der Waals surface area contributed by atoms with Gasteiger partial charge in [-0.15, -0.1) is 0 Å². The van der Waals surface area contributed by atoms with E-state index in [-0.39, 0.29) is 0 Å². The SMILES string of the molecule is CCNc1ncc(CNC2CC2)c(C)n1. The Balaban J connectivity index is 1.97. The van der Waals surface area contributed by atoms with Gasteiger partial charge in [0.05, 0.1) is 0 Å². The maximum Gasteiger partial charge on any atom is 0.222 e. The number of nitrogens with one attached hydrogen (secondary N) is 2. The van der Waals surface area contributed by atoms with E-state index in [9.17, 15) is 0 Å². The Morgan fingerprint density at radius 2 is 2.27 bits per heavy atom. The van der Waals surface area contributed by atoms with Crippen LogP contribution in [0.25, 0.3) is 0 Å². The third-order valence-electron chi connectivity index (χ3n) is 2.57. The summed E-state index contributed by atoms with van der Waals surface area (Å²) in [6.45, 7) is 5.83. The summed E-state index contributed by atoms with van der Waals surface area (Å²) in [5, 5.41) is 6.57. The Morgan fingerprint density at radius 1 is 1.47 bits per heavy atom. The van der Waals surface area contributed by atoms with Gasteiger partial charge in [0.25, 0.3) is 0 Å². The fourth-order valence-corrected chi connectivity index (χ4v) is 1.45. The highest BCUT2D eigenvalue weighted by atomic mass is 15.1. The first-order valence-electron chi connectivity index (χ1n) is 5.59. The van der Waals surface area contributed by atoms with Crippen LogP contribution in [0.4, 0.5) is 5.95 Å². The zero-order valence-corrected chi connectivity index (χ0v) is 9.38. The van der Waals surface area contributed by atoms with E-state index in [1.54, 1.807) is 0 Å². The van der Waals surface area contributed by atoms with Gasteiger partial charge in [0.2, 0.25) is 5.95 Å². The molecule has 0 aliphatic heterocycles. The van der Waals surface area contributed by atoms with Gasteiger partial charge < -0.3 is 10.6 Å². The zero-order valence-electron chi connectivity index (χ0n) is 9.38. The highest BCUT2D eigenvalue weighted by Crippen LogP contribution is 2.19. The van der Waals surface area contributed by atoms with Crippen molar-refractivity contribution < 1.29 is 0 Å². The monoisotopic (exact) mass is 206 g/mol. The van der Waals surface area contributed by atoms with Gasteiger partial charge >= 0.3 is 0 Å². The van der Waals surface area contributed by atoms with Crippen LogP contribution in [-0.4, -0.2) is 22.6 Å². The average molecular weight is 206 g/mol. The summed E-state index contributed by atoms with van der Waals surface area (Å²) in [6.07, 6.45) is 4.54. The number of aryl methyl sites for hydroxylation is 1. The lowest BCUT2D eigenvalue weighted by Gasteiger charge is -2.07. The van der Waals surface area contributed by atoms with Crippen molar-refractivity contribution in [3.05, 3.63) is 17.5 Å². The lowest BCUT2D eigenvalue weighted by Crippen LogP contribution is -2.17. The molecule has 82 valence electrons. The predicted molar refractivity (Wildman–Crippen MR) is 60.8 cm³/mol. The van der Waals surface area contributed by atoms with Gasteiger partial charge in [-0.3, -0.25) is 0 Å². The molecule has 1 heterocycles. The van der Waals surface area contributed by atoms with Crippen LogP contribution in [0.15, 0.2) is 6.20 Å². The van der Waals surface area contributed by atoms with Gasteiger partial charge in [0, 0.05) is 36.6 Å². The molecule has 15 heavy (non-hydrogen) atoms. The molecule has 1 aromatic rings. The summed E-state index contributed by atoms with van der Waals surface area (Å²) in [6, 6.07) is 0.734. The van der Waals surface area contributed by atoms with E-state index in [0.29, 0.717) is 0 Å². The molecule has 0 saturated heterocycles. The molecule has 0 spiro atoms. The number of aromatic nitrogens is 2. The number of hydrogen-bond donors (Lipinski definition) is 2. The quantitative estimate of drug-likeness (QED) is 0.766. The molecule has 2 N–H and O–H groups in total. The Labute approximate surface area is 90.5 Å². The van der Waals surface area contributed by atoms with Gasteiger partial charge in [-0.05, 0) is 26.7 Å². The highest BCUT2D eigenvalue weighted by molar-refractivity contribution is 5.28. The maximum atomic E-state index is 4.40. The summed E-state index contributed by atoms with van der Waals surface area (Å²) < 4.78 is 0. The molecule has 0 atom stereocenters. The molecule has 0 amide bonds. The fraction of sp³-hybridized carbons (Fsp3) is 0.636. The number of rotatable bonds is 5. The first-order chi connectivity index (χ1) is 7.29. The smallest absolute Gasteiger partial charge is 0.222 e. The van der Waals surface area contributed by atoms with Crippen molar-refractivity contribution in [2.24, 2.45) is 0 Å². The van der Waals surface area contributed by atoms with Crippen molar-refractivity contribution in [2.45, 2.75) is 39.3 Å². The van der Waals surface area contributed by atoms with E-state index in [1.807, 2.05) is 20.0 Å². The minimum Gasteiger partial charge on any atom is -0.354 e. The van der Waals surface area contributed by atoms with Crippen LogP contribution in [0, 0.1) is 6.92 Å². The van der Waals surface area contributed by atoms with Gasteiger partial charge in [-0.2, -0.15) is 0 Å². The lowest BCUT2D eigenvalue weighted by atomic mass is 10.2. The highest BCUT2D eigenvalue weighted by Gasteiger charge is 2.20. The molecule has 4 nitrogen and oxygen atoms in total. The molecule has 1 fully saturated rings. The van der Waals surface area contributed by atoms with Crippen molar-refractivity contribution in [1.82, 2.24) is 15.3 Å². The molecular formula is C11H18N4. The van der Waals surface area contributed by atoms with Crippen LogP contribution in [0.3, 0.4) is 0 Å². The van der Waals surface area contributed by atoms with Gasteiger partial charge in [0.15, 0.2) is 0 Å². The van der Waals surface area contributed by atoms with Gasteiger partial charge in [-0.1, -0.05) is 0 Å². The van der Waals surface area contributed by atoms with E-state index >= 15 is 0 Å². The first-order valence-corrected chi connectivity index (χ1v) is 5.59. The molecule has 4 heteroatoms. The average Bonchev–Trinajstić information content (AvgIpc) is 3.01. The van der Waals surface area contributed by atoms with Crippen molar-refractivity contribution in [3.63, 3.8) is 0 Å². The Bertz CT molecular complexity index is 333. The second-order valence-electron chi connectivity index (χ2n) is 3.99. The van der Waals surface area contributed by atoms with Crippen molar-refractivity contribution >= 4 is 5.95 Å². The third-order valence-corrected chi connectivity index (χ3v) is 2.57. The molecule has 1 aliphatic carbocycles. The second kappa shape index (κ2) is 4.57. The molecule has 0 aromatic carbocycles. The van der Waals surface area contributed by atoms with E-state index in [0.717, 1.165) is 30.8 Å². The van der Waals surface area contributed by atoms with Crippen molar-refractivity contribution in [1.29, 1.82) is 0 Å². The van der Waals surface area contributed by atoms with Crippen LogP contribution in [0.1, 0.15) is 31.0 Å². The summed E-state index contributed by atoms with van der Waals surface area (Å²) >= 11 is 0. The van der Waals surface area contributed by atoms with Crippen LogP contribution in [0.5, 0.6) is 0 Å². The van der Waals surface area contributed by atoms with E-state index in [4.69, 9.17) is 0 Å². The van der Waals surface area contributed by atoms with E-state index in [2.05, 4.69) is 20.6 Å². The zero-order chi connectivity index (χ0) is 10.7. The molecular weight excluding hydrogens is 188 g/mol. The van der Waals surface area contributed by atoms with E-state index in [1.165, 1.54) is 18.4 Å². The molecule has 2 rings (SSSR count). The van der Waals surface area contributed by atoms with Crippen LogP contribution in [-0.2, 0) is 6.54 Å². The van der Waals surface area contributed by atoms with Gasteiger partial charge in [0.1, 0.15) is 0 Å². The summed E-state index contributed by atoms with van der Waals surface area (Å²) in [4.78, 5) is 8.66. The molecule has 1 aromatic heterocycles. The number of hydrogen-bond acceptors (Lipinski definition) is 4. The Kier molecular flexibility index (Phi) is 3.16. The summed E-state index contributed by atoms with van der Waals surface area (Å²) in [7, 11) is 0. The van der Waals surface area contributed by atoms with Crippen LogP contribution in [0.2, 0.25) is 0 Å². The van der Waals surface area contributed by atoms with Gasteiger partial charge in [-0.25, -0.2) is 9.97 Å². The topological polar surface area (TPSA) is 49.8 Å². The molecule has 1 aliphatic rings. The predicted octanol–water partition coefficient (Wildman–Crippen LogP) is 1.47. The molecule has 0 bridgehead atoms. The lowest BCUT2D eigenvalue weighted by molar-refractivity contribution is 0.679. The van der Waals surface area contributed by atoms with Crippen LogP contribution >= 0.6 is 0 Å². The van der Waals surface area contributed by atoms with Crippen LogP contribution < -0.4 is 10.6 Å². The first kappa shape index (κ1) is 10.4. The molecule has 0 radical (unpaired) electrons. The second-order valence-corrected chi connectivity index (χ2v) is 3.99. The Hall–Kier alpha value is -1.16.